The molecule has 0 fully saturated rings. The summed E-state index contributed by atoms with van der Waals surface area (Å²) < 4.78 is 4.88. The summed E-state index contributed by atoms with van der Waals surface area (Å²) in [5.41, 5.74) is 0. The quantitative estimate of drug-likeness (QED) is 0.406. The molecule has 0 unspecified atom stereocenters. The highest BCUT2D eigenvalue weighted by Gasteiger charge is 1.83. The molecule has 0 atom stereocenters. The third kappa shape index (κ3) is 9.70. The SMILES string of the molecule is CCCCCCC=CCOC. The summed E-state index contributed by atoms with van der Waals surface area (Å²) >= 11 is 0. The van der Waals surface area contributed by atoms with Crippen LogP contribution in [0.15, 0.2) is 12.2 Å². The molecule has 0 saturated heterocycles. The van der Waals surface area contributed by atoms with Gasteiger partial charge in [-0.1, -0.05) is 38.3 Å². The molecular formula is C10H20O. The van der Waals surface area contributed by atoms with Crippen LogP contribution >= 0.6 is 0 Å². The minimum atomic E-state index is 0.758. The maximum atomic E-state index is 4.88. The molecule has 0 aromatic rings. The Morgan fingerprint density at radius 2 is 1.91 bits per heavy atom. The lowest BCUT2D eigenvalue weighted by molar-refractivity contribution is 0.233. The van der Waals surface area contributed by atoms with Gasteiger partial charge in [0.1, 0.15) is 0 Å². The van der Waals surface area contributed by atoms with Crippen LogP contribution in [-0.4, -0.2) is 13.7 Å². The van der Waals surface area contributed by atoms with E-state index in [1.165, 1.54) is 32.1 Å². The van der Waals surface area contributed by atoms with E-state index in [2.05, 4.69) is 19.1 Å². The zero-order valence-electron chi connectivity index (χ0n) is 7.81. The average molecular weight is 156 g/mol. The fraction of sp³-hybridized carbons (Fsp3) is 0.800. The Morgan fingerprint density at radius 3 is 2.55 bits per heavy atom. The van der Waals surface area contributed by atoms with E-state index in [1.54, 1.807) is 7.11 Å². The van der Waals surface area contributed by atoms with Gasteiger partial charge in [0.2, 0.25) is 0 Å². The van der Waals surface area contributed by atoms with Crippen LogP contribution in [0.1, 0.15) is 39.0 Å². The van der Waals surface area contributed by atoms with Crippen LogP contribution < -0.4 is 0 Å². The van der Waals surface area contributed by atoms with Crippen LogP contribution in [0.3, 0.4) is 0 Å². The fourth-order valence-corrected chi connectivity index (χ4v) is 0.971. The van der Waals surface area contributed by atoms with Crippen molar-refractivity contribution in [2.24, 2.45) is 0 Å². The summed E-state index contributed by atoms with van der Waals surface area (Å²) in [5, 5.41) is 0. The van der Waals surface area contributed by atoms with E-state index < -0.39 is 0 Å². The van der Waals surface area contributed by atoms with Gasteiger partial charge in [-0.3, -0.25) is 0 Å². The van der Waals surface area contributed by atoms with Crippen molar-refractivity contribution in [2.75, 3.05) is 13.7 Å². The van der Waals surface area contributed by atoms with Gasteiger partial charge in [0, 0.05) is 7.11 Å². The van der Waals surface area contributed by atoms with Gasteiger partial charge < -0.3 is 4.74 Å². The highest BCUT2D eigenvalue weighted by molar-refractivity contribution is 4.80. The second kappa shape index (κ2) is 9.70. The average Bonchev–Trinajstić information content (AvgIpc) is 2.03. The van der Waals surface area contributed by atoms with Crippen molar-refractivity contribution in [3.8, 4) is 0 Å². The summed E-state index contributed by atoms with van der Waals surface area (Å²) in [6.07, 6.45) is 10.9. The Labute approximate surface area is 70.4 Å². The van der Waals surface area contributed by atoms with Gasteiger partial charge >= 0.3 is 0 Å². The third-order valence-electron chi connectivity index (χ3n) is 1.65. The second-order valence-electron chi connectivity index (χ2n) is 2.78. The maximum absolute atomic E-state index is 4.88. The Morgan fingerprint density at radius 1 is 1.09 bits per heavy atom. The van der Waals surface area contributed by atoms with Gasteiger partial charge in [0.25, 0.3) is 0 Å². The molecule has 0 bridgehead atoms. The van der Waals surface area contributed by atoms with Crippen molar-refractivity contribution >= 4 is 0 Å². The van der Waals surface area contributed by atoms with E-state index in [4.69, 9.17) is 4.74 Å². The first-order valence-corrected chi connectivity index (χ1v) is 4.55. The van der Waals surface area contributed by atoms with Gasteiger partial charge in [-0.05, 0) is 12.8 Å². The zero-order chi connectivity index (χ0) is 8.36. The standard InChI is InChI=1S/C10H20O/c1-3-4-5-6-7-8-9-10-11-2/h8-9H,3-7,10H2,1-2H3. The molecule has 0 aromatic carbocycles. The van der Waals surface area contributed by atoms with Crippen LogP contribution in [0, 0.1) is 0 Å². The molecule has 66 valence electrons. The lowest BCUT2D eigenvalue weighted by Gasteiger charge is -1.93. The van der Waals surface area contributed by atoms with Crippen molar-refractivity contribution in [3.05, 3.63) is 12.2 Å². The van der Waals surface area contributed by atoms with E-state index >= 15 is 0 Å². The van der Waals surface area contributed by atoms with Crippen LogP contribution in [0.25, 0.3) is 0 Å². The third-order valence-corrected chi connectivity index (χ3v) is 1.65. The molecule has 11 heavy (non-hydrogen) atoms. The second-order valence-corrected chi connectivity index (χ2v) is 2.78. The first-order chi connectivity index (χ1) is 5.41. The molecule has 1 heteroatoms. The predicted molar refractivity (Wildman–Crippen MR) is 49.8 cm³/mol. The Balaban J connectivity index is 2.89. The molecule has 0 N–H and O–H groups in total. The van der Waals surface area contributed by atoms with E-state index in [-0.39, 0.29) is 0 Å². The molecule has 1 nitrogen and oxygen atoms in total. The molecular weight excluding hydrogens is 136 g/mol. The number of methoxy groups -OCH3 is 1. The molecule has 0 aliphatic carbocycles. The van der Waals surface area contributed by atoms with E-state index in [1.807, 2.05) is 0 Å². The normalized spacial score (nSPS) is 11.1. The number of allylic oxidation sites excluding steroid dienone is 1. The first kappa shape index (κ1) is 10.7. The van der Waals surface area contributed by atoms with Crippen molar-refractivity contribution in [2.45, 2.75) is 39.0 Å². The van der Waals surface area contributed by atoms with Gasteiger partial charge in [-0.25, -0.2) is 0 Å². The monoisotopic (exact) mass is 156 g/mol. The zero-order valence-corrected chi connectivity index (χ0v) is 7.81. The lowest BCUT2D eigenvalue weighted by Crippen LogP contribution is -1.80. The van der Waals surface area contributed by atoms with Crippen molar-refractivity contribution in [3.63, 3.8) is 0 Å². The number of hydrogen-bond acceptors (Lipinski definition) is 1. The van der Waals surface area contributed by atoms with E-state index in [9.17, 15) is 0 Å². The van der Waals surface area contributed by atoms with Crippen LogP contribution in [0.5, 0.6) is 0 Å². The summed E-state index contributed by atoms with van der Waals surface area (Å²) in [4.78, 5) is 0. The molecule has 0 aromatic heterocycles. The van der Waals surface area contributed by atoms with Gasteiger partial charge in [-0.2, -0.15) is 0 Å². The molecule has 0 rings (SSSR count). The first-order valence-electron chi connectivity index (χ1n) is 4.55. The summed E-state index contributed by atoms with van der Waals surface area (Å²) in [6.45, 7) is 2.99. The fourth-order valence-electron chi connectivity index (χ4n) is 0.971. The molecule has 0 amide bonds. The summed E-state index contributed by atoms with van der Waals surface area (Å²) in [6, 6.07) is 0. The highest BCUT2D eigenvalue weighted by atomic mass is 16.5. The summed E-state index contributed by atoms with van der Waals surface area (Å²) in [7, 11) is 1.72. The van der Waals surface area contributed by atoms with Crippen molar-refractivity contribution in [1.82, 2.24) is 0 Å². The van der Waals surface area contributed by atoms with E-state index in [0.717, 1.165) is 6.61 Å². The largest absolute Gasteiger partial charge is 0.381 e. The number of rotatable bonds is 7. The van der Waals surface area contributed by atoms with E-state index in [0.29, 0.717) is 0 Å². The van der Waals surface area contributed by atoms with Crippen LogP contribution in [-0.2, 0) is 4.74 Å². The minimum Gasteiger partial charge on any atom is -0.381 e. The topological polar surface area (TPSA) is 9.23 Å². The number of ether oxygens (including phenoxy) is 1. The molecule has 0 aliphatic rings. The number of hydrogen-bond donors (Lipinski definition) is 0. The van der Waals surface area contributed by atoms with Crippen molar-refractivity contribution < 1.29 is 4.74 Å². The maximum Gasteiger partial charge on any atom is 0.0643 e. The van der Waals surface area contributed by atoms with Gasteiger partial charge in [-0.15, -0.1) is 0 Å². The Kier molecular flexibility index (Phi) is 9.44. The smallest absolute Gasteiger partial charge is 0.0643 e. The molecule has 0 saturated carbocycles. The van der Waals surface area contributed by atoms with Crippen LogP contribution in [0.4, 0.5) is 0 Å². The predicted octanol–water partition coefficient (Wildman–Crippen LogP) is 3.16. The Hall–Kier alpha value is -0.300. The Bertz CT molecular complexity index is 86.9. The molecule has 0 spiro atoms. The van der Waals surface area contributed by atoms with Crippen molar-refractivity contribution in [1.29, 1.82) is 0 Å². The van der Waals surface area contributed by atoms with Gasteiger partial charge in [0.15, 0.2) is 0 Å². The molecule has 0 radical (unpaired) electrons. The minimum absolute atomic E-state index is 0.758. The van der Waals surface area contributed by atoms with Gasteiger partial charge in [0.05, 0.1) is 6.61 Å². The molecule has 0 aliphatic heterocycles. The molecule has 0 heterocycles. The number of unbranched alkanes of at least 4 members (excludes halogenated alkanes) is 4. The van der Waals surface area contributed by atoms with Crippen LogP contribution in [0.2, 0.25) is 0 Å². The summed E-state index contributed by atoms with van der Waals surface area (Å²) in [5.74, 6) is 0. The lowest BCUT2D eigenvalue weighted by atomic mass is 10.1. The highest BCUT2D eigenvalue weighted by Crippen LogP contribution is 2.02.